The first-order chi connectivity index (χ1) is 12.9. The number of aromatic nitrogens is 2. The van der Waals surface area contributed by atoms with Gasteiger partial charge in [-0.1, -0.05) is 23.7 Å². The molecule has 2 aromatic heterocycles. The lowest BCUT2D eigenvalue weighted by atomic mass is 10.1. The van der Waals surface area contributed by atoms with Gasteiger partial charge in [0.05, 0.1) is 6.42 Å². The molecule has 1 aromatic carbocycles. The molecule has 0 radical (unpaired) electrons. The molecular formula is C19H17ClN4O3. The first kappa shape index (κ1) is 18.6. The predicted octanol–water partition coefficient (Wildman–Crippen LogP) is 2.28. The lowest BCUT2D eigenvalue weighted by Gasteiger charge is -2.14. The summed E-state index contributed by atoms with van der Waals surface area (Å²) in [4.78, 5) is 40.3. The number of nitrogens with one attached hydrogen (secondary N) is 1. The number of pyridine rings is 2. The van der Waals surface area contributed by atoms with Crippen LogP contribution in [0.25, 0.3) is 10.8 Å². The van der Waals surface area contributed by atoms with Crippen LogP contribution in [0.1, 0.15) is 18.5 Å². The van der Waals surface area contributed by atoms with Gasteiger partial charge in [-0.25, -0.2) is 4.98 Å². The second-order valence-corrected chi connectivity index (χ2v) is 6.47. The summed E-state index contributed by atoms with van der Waals surface area (Å²) in [6.45, 7) is 1.56. The predicted molar refractivity (Wildman–Crippen MR) is 104 cm³/mol. The van der Waals surface area contributed by atoms with Gasteiger partial charge in [0.2, 0.25) is 11.8 Å². The summed E-state index contributed by atoms with van der Waals surface area (Å²) in [5.74, 6) is -0.848. The number of primary amides is 1. The number of carbonyl (C=O) groups excluding carboxylic acids is 2. The third-order valence-electron chi connectivity index (χ3n) is 4.23. The maximum Gasteiger partial charge on any atom is 0.259 e. The van der Waals surface area contributed by atoms with Gasteiger partial charge in [0.1, 0.15) is 11.2 Å². The van der Waals surface area contributed by atoms with Crippen LogP contribution in [0.15, 0.2) is 53.6 Å². The highest BCUT2D eigenvalue weighted by molar-refractivity contribution is 6.29. The van der Waals surface area contributed by atoms with Crippen molar-refractivity contribution in [2.45, 2.75) is 19.4 Å². The smallest absolute Gasteiger partial charge is 0.259 e. The molecule has 0 bridgehead atoms. The molecule has 1 atom stereocenters. The SMILES string of the molecule is C[C@@H](C(N)=O)n1ccc2c(NC(=O)Cc3ccc(Cl)nc3)cccc2c1=O. The Labute approximate surface area is 159 Å². The molecule has 0 unspecified atom stereocenters. The van der Waals surface area contributed by atoms with Crippen molar-refractivity contribution in [3.63, 3.8) is 0 Å². The minimum Gasteiger partial charge on any atom is -0.368 e. The number of hydrogen-bond donors (Lipinski definition) is 2. The van der Waals surface area contributed by atoms with Crippen LogP contribution in [-0.2, 0) is 16.0 Å². The van der Waals surface area contributed by atoms with Crippen molar-refractivity contribution in [3.8, 4) is 0 Å². The molecule has 27 heavy (non-hydrogen) atoms. The molecule has 0 aliphatic rings. The maximum atomic E-state index is 12.7. The van der Waals surface area contributed by atoms with E-state index in [9.17, 15) is 14.4 Å². The second-order valence-electron chi connectivity index (χ2n) is 6.09. The van der Waals surface area contributed by atoms with Crippen LogP contribution < -0.4 is 16.6 Å². The minimum absolute atomic E-state index is 0.121. The van der Waals surface area contributed by atoms with Crippen molar-refractivity contribution in [3.05, 3.63) is 69.9 Å². The zero-order valence-corrected chi connectivity index (χ0v) is 15.2. The van der Waals surface area contributed by atoms with E-state index in [1.807, 2.05) is 0 Å². The molecule has 0 saturated carbocycles. The lowest BCUT2D eigenvalue weighted by Crippen LogP contribution is -2.31. The largest absolute Gasteiger partial charge is 0.368 e. The van der Waals surface area contributed by atoms with Crippen LogP contribution in [0.3, 0.4) is 0 Å². The number of nitrogens with two attached hydrogens (primary N) is 1. The highest BCUT2D eigenvalue weighted by atomic mass is 35.5. The van der Waals surface area contributed by atoms with Crippen molar-refractivity contribution in [2.24, 2.45) is 5.73 Å². The Balaban J connectivity index is 1.90. The summed E-state index contributed by atoms with van der Waals surface area (Å²) >= 11 is 5.74. The highest BCUT2D eigenvalue weighted by Crippen LogP contribution is 2.22. The van der Waals surface area contributed by atoms with Gasteiger partial charge in [-0.15, -0.1) is 0 Å². The van der Waals surface area contributed by atoms with Crippen LogP contribution in [-0.4, -0.2) is 21.4 Å². The number of hydrogen-bond acceptors (Lipinski definition) is 4. The van der Waals surface area contributed by atoms with Crippen molar-refractivity contribution >= 4 is 39.9 Å². The highest BCUT2D eigenvalue weighted by Gasteiger charge is 2.15. The van der Waals surface area contributed by atoms with E-state index in [2.05, 4.69) is 10.3 Å². The molecule has 0 spiro atoms. The molecule has 3 aromatic rings. The average molecular weight is 385 g/mol. The van der Waals surface area contributed by atoms with E-state index in [0.717, 1.165) is 5.56 Å². The lowest BCUT2D eigenvalue weighted by molar-refractivity contribution is -0.120. The number of nitrogens with zero attached hydrogens (tertiary/aromatic N) is 2. The van der Waals surface area contributed by atoms with Crippen LogP contribution in [0, 0.1) is 0 Å². The van der Waals surface area contributed by atoms with Crippen LogP contribution in [0.5, 0.6) is 0 Å². The Kier molecular flexibility index (Phi) is 5.23. The standard InChI is InChI=1S/C19H17ClN4O3/c1-11(18(21)26)24-8-7-13-14(19(24)27)3-2-4-15(13)23-17(25)9-12-5-6-16(20)22-10-12/h2-8,10-11H,9H2,1H3,(H2,21,26)(H,23,25)/t11-/m0/s1. The molecule has 0 aliphatic heterocycles. The van der Waals surface area contributed by atoms with Crippen LogP contribution >= 0.6 is 11.6 Å². The Morgan fingerprint density at radius 3 is 2.67 bits per heavy atom. The van der Waals surface area contributed by atoms with E-state index in [0.29, 0.717) is 21.6 Å². The van der Waals surface area contributed by atoms with E-state index >= 15 is 0 Å². The van der Waals surface area contributed by atoms with Gasteiger partial charge in [0.15, 0.2) is 0 Å². The molecule has 3 N–H and O–H groups in total. The van der Waals surface area contributed by atoms with Crippen LogP contribution in [0.4, 0.5) is 5.69 Å². The van der Waals surface area contributed by atoms with E-state index < -0.39 is 11.9 Å². The maximum absolute atomic E-state index is 12.7. The normalized spacial score (nSPS) is 11.9. The molecule has 3 rings (SSSR count). The van der Waals surface area contributed by atoms with Crippen molar-refractivity contribution in [1.29, 1.82) is 0 Å². The quantitative estimate of drug-likeness (QED) is 0.658. The van der Waals surface area contributed by atoms with E-state index in [-0.39, 0.29) is 17.9 Å². The summed E-state index contributed by atoms with van der Waals surface area (Å²) < 4.78 is 1.27. The van der Waals surface area contributed by atoms with E-state index in [1.54, 1.807) is 43.3 Å². The number of benzene rings is 1. The van der Waals surface area contributed by atoms with Gasteiger partial charge < -0.3 is 15.6 Å². The van der Waals surface area contributed by atoms with Gasteiger partial charge >= 0.3 is 0 Å². The molecule has 0 fully saturated rings. The fourth-order valence-electron chi connectivity index (χ4n) is 2.73. The molecule has 138 valence electrons. The van der Waals surface area contributed by atoms with Crippen molar-refractivity contribution in [2.75, 3.05) is 5.32 Å². The zero-order valence-electron chi connectivity index (χ0n) is 14.5. The Morgan fingerprint density at radius 2 is 2.00 bits per heavy atom. The van der Waals surface area contributed by atoms with E-state index in [1.165, 1.54) is 17.0 Å². The second kappa shape index (κ2) is 7.59. The number of halogens is 1. The molecule has 8 heteroatoms. The van der Waals surface area contributed by atoms with Gasteiger partial charge in [0.25, 0.3) is 5.56 Å². The number of rotatable bonds is 5. The Hall–Kier alpha value is -3.19. The molecular weight excluding hydrogens is 368 g/mol. The number of amides is 2. The van der Waals surface area contributed by atoms with Gasteiger partial charge in [-0.05, 0) is 36.8 Å². The molecule has 2 amide bonds. The van der Waals surface area contributed by atoms with Crippen molar-refractivity contribution in [1.82, 2.24) is 9.55 Å². The third kappa shape index (κ3) is 3.98. The Morgan fingerprint density at radius 1 is 1.22 bits per heavy atom. The number of anilines is 1. The first-order valence-corrected chi connectivity index (χ1v) is 8.58. The average Bonchev–Trinajstić information content (AvgIpc) is 2.64. The monoisotopic (exact) mass is 384 g/mol. The number of fused-ring (bicyclic) bond motifs is 1. The fraction of sp³-hybridized carbons (Fsp3) is 0.158. The Bertz CT molecular complexity index is 1080. The summed E-state index contributed by atoms with van der Waals surface area (Å²) in [6.07, 6.45) is 3.16. The van der Waals surface area contributed by atoms with Crippen LogP contribution in [0.2, 0.25) is 5.15 Å². The molecule has 7 nitrogen and oxygen atoms in total. The first-order valence-electron chi connectivity index (χ1n) is 8.20. The van der Waals surface area contributed by atoms with Crippen molar-refractivity contribution < 1.29 is 9.59 Å². The molecule has 0 aliphatic carbocycles. The number of carbonyl (C=O) groups is 2. The summed E-state index contributed by atoms with van der Waals surface area (Å²) in [5.41, 5.74) is 6.17. The van der Waals surface area contributed by atoms with Gasteiger partial charge in [0, 0.05) is 28.9 Å². The summed E-state index contributed by atoms with van der Waals surface area (Å²) in [7, 11) is 0. The summed E-state index contributed by atoms with van der Waals surface area (Å²) in [6, 6.07) is 9.27. The minimum atomic E-state index is -0.766. The zero-order chi connectivity index (χ0) is 19.6. The topological polar surface area (TPSA) is 107 Å². The third-order valence-corrected chi connectivity index (χ3v) is 4.45. The van der Waals surface area contributed by atoms with Gasteiger partial charge in [-0.3, -0.25) is 14.4 Å². The fourth-order valence-corrected chi connectivity index (χ4v) is 2.85. The van der Waals surface area contributed by atoms with E-state index in [4.69, 9.17) is 17.3 Å². The molecule has 2 heterocycles. The van der Waals surface area contributed by atoms with Gasteiger partial charge in [-0.2, -0.15) is 0 Å². The summed E-state index contributed by atoms with van der Waals surface area (Å²) in [5, 5.41) is 4.13. The molecule has 0 saturated heterocycles.